The predicted molar refractivity (Wildman–Crippen MR) is 79.0 cm³/mol. The largest absolute Gasteiger partial charge is 0.481 e. The molecule has 0 N–H and O–H groups in total. The van der Waals surface area contributed by atoms with E-state index in [0.717, 1.165) is 0 Å². The third-order valence-corrected chi connectivity index (χ3v) is 3.73. The van der Waals surface area contributed by atoms with Gasteiger partial charge in [-0.3, -0.25) is 0 Å². The number of halogens is 2. The average molecular weight is 299 g/mol. The summed E-state index contributed by atoms with van der Waals surface area (Å²) in [7, 11) is 0. The lowest BCUT2D eigenvalue weighted by Crippen LogP contribution is -1.93. The van der Waals surface area contributed by atoms with Crippen LogP contribution in [0.25, 0.3) is 0 Å². The minimum Gasteiger partial charge on any atom is -0.481 e. The number of rotatable bonds is 4. The zero-order valence-electron chi connectivity index (χ0n) is 9.82. The van der Waals surface area contributed by atoms with Gasteiger partial charge in [0.25, 0.3) is 0 Å². The van der Waals surface area contributed by atoms with Crippen LogP contribution < -0.4 is 4.74 Å². The molecular formula is C14H12Cl2OS. The maximum Gasteiger partial charge on any atom is 0.139 e. The van der Waals surface area contributed by atoms with Crippen LogP contribution in [-0.4, -0.2) is 5.94 Å². The fourth-order valence-corrected chi connectivity index (χ4v) is 2.50. The molecule has 0 heterocycles. The monoisotopic (exact) mass is 298 g/mol. The van der Waals surface area contributed by atoms with Crippen molar-refractivity contribution in [1.29, 1.82) is 0 Å². The number of thioether (sulfide) groups is 1. The summed E-state index contributed by atoms with van der Waals surface area (Å²) >= 11 is 13.5. The molecular weight excluding hydrogens is 287 g/mol. The van der Waals surface area contributed by atoms with E-state index in [4.69, 9.17) is 27.9 Å². The molecule has 0 unspecified atom stereocenters. The van der Waals surface area contributed by atoms with Crippen molar-refractivity contribution in [3.63, 3.8) is 0 Å². The van der Waals surface area contributed by atoms with Gasteiger partial charge in [-0.1, -0.05) is 52.7 Å². The van der Waals surface area contributed by atoms with Crippen molar-refractivity contribution in [3.8, 4) is 5.75 Å². The van der Waals surface area contributed by atoms with Gasteiger partial charge in [-0.25, -0.2) is 0 Å². The van der Waals surface area contributed by atoms with E-state index in [0.29, 0.717) is 21.7 Å². The summed E-state index contributed by atoms with van der Waals surface area (Å²) in [4.78, 5) is 1.17. The molecule has 0 saturated carbocycles. The normalized spacial score (nSPS) is 10.4. The number of ether oxygens (including phenoxy) is 1. The summed E-state index contributed by atoms with van der Waals surface area (Å²) in [6.45, 7) is 2.07. The van der Waals surface area contributed by atoms with Gasteiger partial charge in [0, 0.05) is 9.92 Å². The lowest BCUT2D eigenvalue weighted by Gasteiger charge is -2.08. The molecule has 2 aromatic carbocycles. The molecule has 0 fully saturated rings. The molecule has 0 bridgehead atoms. The third kappa shape index (κ3) is 3.84. The second-order valence-corrected chi connectivity index (χ2v) is 5.63. The Hall–Kier alpha value is -0.830. The van der Waals surface area contributed by atoms with Gasteiger partial charge >= 0.3 is 0 Å². The minimum absolute atomic E-state index is 0.518. The Kier molecular flexibility index (Phi) is 4.81. The number of benzene rings is 2. The Morgan fingerprint density at radius 1 is 1.06 bits per heavy atom. The van der Waals surface area contributed by atoms with Crippen molar-refractivity contribution in [2.24, 2.45) is 0 Å². The zero-order chi connectivity index (χ0) is 13.0. The lowest BCUT2D eigenvalue weighted by atomic mass is 10.2. The van der Waals surface area contributed by atoms with Gasteiger partial charge in [0.15, 0.2) is 0 Å². The molecule has 0 atom stereocenters. The molecule has 18 heavy (non-hydrogen) atoms. The molecule has 0 aliphatic rings. The van der Waals surface area contributed by atoms with Gasteiger partial charge in [0.1, 0.15) is 11.7 Å². The quantitative estimate of drug-likeness (QED) is 0.550. The summed E-state index contributed by atoms with van der Waals surface area (Å²) in [6.07, 6.45) is 0. The first-order valence-corrected chi connectivity index (χ1v) is 7.16. The van der Waals surface area contributed by atoms with Crippen LogP contribution in [0.5, 0.6) is 5.75 Å². The minimum atomic E-state index is 0.518. The maximum atomic E-state index is 6.01. The van der Waals surface area contributed by atoms with Crippen LogP contribution in [0.15, 0.2) is 47.4 Å². The van der Waals surface area contributed by atoms with Crippen LogP contribution in [0.3, 0.4) is 0 Å². The van der Waals surface area contributed by atoms with Gasteiger partial charge < -0.3 is 4.74 Å². The molecule has 0 aromatic heterocycles. The standard InChI is InChI=1S/C14H12Cl2OS/c1-10-2-5-12(6-3-10)18-9-17-14-7-4-11(15)8-13(14)16/h2-8H,9H2,1H3. The highest BCUT2D eigenvalue weighted by Gasteiger charge is 2.02. The SMILES string of the molecule is Cc1ccc(SCOc2ccc(Cl)cc2Cl)cc1. The third-order valence-electron chi connectivity index (χ3n) is 2.35. The smallest absolute Gasteiger partial charge is 0.139 e. The van der Waals surface area contributed by atoms with Crippen molar-refractivity contribution < 1.29 is 4.74 Å². The molecule has 0 spiro atoms. The highest BCUT2D eigenvalue weighted by atomic mass is 35.5. The Bertz CT molecular complexity index is 526. The number of hydrogen-bond donors (Lipinski definition) is 0. The Morgan fingerprint density at radius 2 is 1.78 bits per heavy atom. The fourth-order valence-electron chi connectivity index (χ4n) is 1.39. The molecule has 0 saturated heterocycles. The van der Waals surface area contributed by atoms with E-state index >= 15 is 0 Å². The predicted octanol–water partition coefficient (Wildman–Crippen LogP) is 5.43. The lowest BCUT2D eigenvalue weighted by molar-refractivity contribution is 0.393. The van der Waals surface area contributed by atoms with Gasteiger partial charge in [-0.15, -0.1) is 0 Å². The van der Waals surface area contributed by atoms with Crippen molar-refractivity contribution in [2.75, 3.05) is 5.94 Å². The molecule has 0 radical (unpaired) electrons. The van der Waals surface area contributed by atoms with Crippen molar-refractivity contribution >= 4 is 35.0 Å². The molecule has 94 valence electrons. The molecule has 2 rings (SSSR count). The zero-order valence-corrected chi connectivity index (χ0v) is 12.1. The van der Waals surface area contributed by atoms with Crippen LogP contribution in [0.2, 0.25) is 10.0 Å². The average Bonchev–Trinajstić information content (AvgIpc) is 2.34. The molecule has 0 aliphatic carbocycles. The van der Waals surface area contributed by atoms with Crippen LogP contribution in [0, 0.1) is 6.92 Å². The molecule has 2 aromatic rings. The van der Waals surface area contributed by atoms with E-state index in [2.05, 4.69) is 31.2 Å². The number of aryl methyl sites for hydroxylation is 1. The van der Waals surface area contributed by atoms with E-state index in [1.165, 1.54) is 10.5 Å². The number of hydrogen-bond acceptors (Lipinski definition) is 2. The van der Waals surface area contributed by atoms with E-state index < -0.39 is 0 Å². The van der Waals surface area contributed by atoms with E-state index in [9.17, 15) is 0 Å². The van der Waals surface area contributed by atoms with E-state index in [-0.39, 0.29) is 0 Å². The second-order valence-electron chi connectivity index (χ2n) is 3.79. The summed E-state index contributed by atoms with van der Waals surface area (Å²) in [5.41, 5.74) is 1.25. The van der Waals surface area contributed by atoms with Crippen molar-refractivity contribution in [1.82, 2.24) is 0 Å². The van der Waals surface area contributed by atoms with Gasteiger partial charge in [-0.05, 0) is 37.3 Å². The Morgan fingerprint density at radius 3 is 2.44 bits per heavy atom. The summed E-state index contributed by atoms with van der Waals surface area (Å²) in [5.74, 6) is 1.17. The summed E-state index contributed by atoms with van der Waals surface area (Å²) in [6, 6.07) is 13.5. The summed E-state index contributed by atoms with van der Waals surface area (Å²) in [5, 5.41) is 1.14. The Balaban J connectivity index is 1.90. The first-order valence-electron chi connectivity index (χ1n) is 5.42. The molecule has 1 nitrogen and oxygen atoms in total. The highest BCUT2D eigenvalue weighted by molar-refractivity contribution is 7.99. The van der Waals surface area contributed by atoms with Crippen molar-refractivity contribution in [3.05, 3.63) is 58.1 Å². The highest BCUT2D eigenvalue weighted by Crippen LogP contribution is 2.29. The topological polar surface area (TPSA) is 9.23 Å². The maximum absolute atomic E-state index is 6.01. The van der Waals surface area contributed by atoms with Crippen LogP contribution in [-0.2, 0) is 0 Å². The van der Waals surface area contributed by atoms with Crippen LogP contribution in [0.1, 0.15) is 5.56 Å². The second kappa shape index (κ2) is 6.37. The van der Waals surface area contributed by atoms with Gasteiger partial charge in [0.2, 0.25) is 0 Å². The Labute approximate surface area is 121 Å². The van der Waals surface area contributed by atoms with E-state index in [1.807, 2.05) is 0 Å². The molecule has 0 amide bonds. The molecule has 0 aliphatic heterocycles. The fraction of sp³-hybridized carbons (Fsp3) is 0.143. The van der Waals surface area contributed by atoms with E-state index in [1.54, 1.807) is 30.0 Å². The first kappa shape index (κ1) is 13.6. The summed E-state index contributed by atoms with van der Waals surface area (Å²) < 4.78 is 5.60. The van der Waals surface area contributed by atoms with Crippen LogP contribution in [0.4, 0.5) is 0 Å². The van der Waals surface area contributed by atoms with Crippen LogP contribution >= 0.6 is 35.0 Å². The van der Waals surface area contributed by atoms with Gasteiger partial charge in [-0.2, -0.15) is 0 Å². The molecule has 4 heteroatoms. The van der Waals surface area contributed by atoms with Gasteiger partial charge in [0.05, 0.1) is 5.02 Å². The van der Waals surface area contributed by atoms with Crippen molar-refractivity contribution in [2.45, 2.75) is 11.8 Å². The first-order chi connectivity index (χ1) is 8.65.